The SMILES string of the molecule is Cc1nc2nc(N)nn2c(C)c1CC(=O)Nc1ccc(F)c(NC(=O)C2CCCCC2)c1. The molecule has 1 saturated carbocycles. The molecule has 0 saturated heterocycles. The van der Waals surface area contributed by atoms with E-state index in [1.165, 1.54) is 22.7 Å². The number of carbonyl (C=O) groups excluding carboxylic acids is 2. The minimum Gasteiger partial charge on any atom is -0.366 e. The van der Waals surface area contributed by atoms with Gasteiger partial charge in [-0.1, -0.05) is 19.3 Å². The summed E-state index contributed by atoms with van der Waals surface area (Å²) in [5, 5.41) is 9.54. The van der Waals surface area contributed by atoms with Gasteiger partial charge in [-0.3, -0.25) is 9.59 Å². The molecule has 1 aliphatic rings. The van der Waals surface area contributed by atoms with Gasteiger partial charge in [0.05, 0.1) is 12.1 Å². The van der Waals surface area contributed by atoms with Crippen LogP contribution in [0.15, 0.2) is 18.2 Å². The number of nitrogen functional groups attached to an aromatic ring is 1. The van der Waals surface area contributed by atoms with Gasteiger partial charge >= 0.3 is 0 Å². The Morgan fingerprint density at radius 1 is 1.16 bits per heavy atom. The normalized spacial score (nSPS) is 14.5. The molecule has 2 amide bonds. The van der Waals surface area contributed by atoms with E-state index in [4.69, 9.17) is 5.73 Å². The highest BCUT2D eigenvalue weighted by molar-refractivity contribution is 5.95. The fourth-order valence-corrected chi connectivity index (χ4v) is 4.14. The van der Waals surface area contributed by atoms with Gasteiger partial charge in [-0.2, -0.15) is 9.50 Å². The first-order valence-electron chi connectivity index (χ1n) is 10.7. The van der Waals surface area contributed by atoms with Crippen molar-refractivity contribution in [2.24, 2.45) is 5.92 Å². The number of nitrogens with zero attached hydrogens (tertiary/aromatic N) is 4. The lowest BCUT2D eigenvalue weighted by Gasteiger charge is -2.21. The Kier molecular flexibility index (Phi) is 6.02. The molecule has 0 unspecified atom stereocenters. The molecule has 3 aromatic rings. The topological polar surface area (TPSA) is 127 Å². The average molecular weight is 439 g/mol. The molecule has 4 rings (SSSR count). The molecule has 0 bridgehead atoms. The van der Waals surface area contributed by atoms with Crippen LogP contribution in [-0.4, -0.2) is 31.4 Å². The van der Waals surface area contributed by atoms with Crippen molar-refractivity contribution in [3.8, 4) is 0 Å². The predicted molar refractivity (Wildman–Crippen MR) is 119 cm³/mol. The number of rotatable bonds is 5. The third kappa shape index (κ3) is 4.53. The summed E-state index contributed by atoms with van der Waals surface area (Å²) in [6.45, 7) is 3.60. The molecule has 9 nitrogen and oxygen atoms in total. The second-order valence-corrected chi connectivity index (χ2v) is 8.19. The van der Waals surface area contributed by atoms with Crippen LogP contribution in [0.5, 0.6) is 0 Å². The molecule has 0 atom stereocenters. The Morgan fingerprint density at radius 2 is 1.91 bits per heavy atom. The highest BCUT2D eigenvalue weighted by Gasteiger charge is 2.22. The maximum atomic E-state index is 14.3. The first kappa shape index (κ1) is 21.7. The molecule has 0 spiro atoms. The van der Waals surface area contributed by atoms with E-state index in [1.807, 2.05) is 6.92 Å². The van der Waals surface area contributed by atoms with Gasteiger partial charge in [0.25, 0.3) is 5.78 Å². The molecule has 1 fully saturated rings. The van der Waals surface area contributed by atoms with Crippen LogP contribution >= 0.6 is 0 Å². The van der Waals surface area contributed by atoms with Gasteiger partial charge in [0.15, 0.2) is 0 Å². The summed E-state index contributed by atoms with van der Waals surface area (Å²) in [5.41, 5.74) is 8.17. The quantitative estimate of drug-likeness (QED) is 0.560. The van der Waals surface area contributed by atoms with Gasteiger partial charge in [0.2, 0.25) is 17.8 Å². The maximum Gasteiger partial charge on any atom is 0.254 e. The Hall–Kier alpha value is -3.56. The predicted octanol–water partition coefficient (Wildman–Crippen LogP) is 3.16. The number of aryl methyl sites for hydroxylation is 2. The number of halogens is 1. The number of amides is 2. The van der Waals surface area contributed by atoms with Crippen molar-refractivity contribution in [2.45, 2.75) is 52.4 Å². The van der Waals surface area contributed by atoms with Crippen LogP contribution < -0.4 is 16.4 Å². The highest BCUT2D eigenvalue weighted by Crippen LogP contribution is 2.27. The Balaban J connectivity index is 1.47. The van der Waals surface area contributed by atoms with E-state index in [1.54, 1.807) is 6.92 Å². The summed E-state index contributed by atoms with van der Waals surface area (Å²) in [6.07, 6.45) is 4.83. The summed E-state index contributed by atoms with van der Waals surface area (Å²) in [6, 6.07) is 4.13. The van der Waals surface area contributed by atoms with E-state index < -0.39 is 5.82 Å². The van der Waals surface area contributed by atoms with E-state index in [-0.39, 0.29) is 35.8 Å². The van der Waals surface area contributed by atoms with Crippen molar-refractivity contribution < 1.29 is 14.0 Å². The fourth-order valence-electron chi connectivity index (χ4n) is 4.14. The monoisotopic (exact) mass is 439 g/mol. The van der Waals surface area contributed by atoms with Crippen molar-refractivity contribution >= 4 is 34.9 Å². The standard InChI is InChI=1S/C22H26FN7O2/c1-12-16(13(2)30-22(25-12)28-21(24)29-30)11-19(31)26-15-8-9-17(23)18(10-15)27-20(32)14-6-4-3-5-7-14/h8-10,14H,3-7,11H2,1-2H3,(H2,24,29)(H,26,31)(H,27,32). The third-order valence-electron chi connectivity index (χ3n) is 5.89. The molecule has 32 heavy (non-hydrogen) atoms. The lowest BCUT2D eigenvalue weighted by atomic mass is 9.88. The van der Waals surface area contributed by atoms with Crippen LogP contribution in [0.4, 0.5) is 21.7 Å². The van der Waals surface area contributed by atoms with Crippen molar-refractivity contribution in [2.75, 3.05) is 16.4 Å². The van der Waals surface area contributed by atoms with E-state index in [9.17, 15) is 14.0 Å². The largest absolute Gasteiger partial charge is 0.366 e. The van der Waals surface area contributed by atoms with Gasteiger partial charge in [-0.05, 0) is 44.9 Å². The van der Waals surface area contributed by atoms with Crippen LogP contribution in [0.2, 0.25) is 0 Å². The van der Waals surface area contributed by atoms with Gasteiger partial charge in [0.1, 0.15) is 5.82 Å². The zero-order valence-electron chi connectivity index (χ0n) is 18.1. The van der Waals surface area contributed by atoms with Crippen molar-refractivity contribution in [1.82, 2.24) is 19.6 Å². The van der Waals surface area contributed by atoms with Crippen LogP contribution in [-0.2, 0) is 16.0 Å². The van der Waals surface area contributed by atoms with Gasteiger partial charge < -0.3 is 16.4 Å². The van der Waals surface area contributed by atoms with Gasteiger partial charge in [-0.15, -0.1) is 5.10 Å². The molecule has 0 aliphatic heterocycles. The molecule has 1 aliphatic carbocycles. The Morgan fingerprint density at radius 3 is 2.66 bits per heavy atom. The number of carbonyl (C=O) groups is 2. The second-order valence-electron chi connectivity index (χ2n) is 8.19. The van der Waals surface area contributed by atoms with Crippen LogP contribution in [0, 0.1) is 25.6 Å². The smallest absolute Gasteiger partial charge is 0.254 e. The zero-order chi connectivity index (χ0) is 22.8. The van der Waals surface area contributed by atoms with E-state index in [0.29, 0.717) is 28.4 Å². The summed E-state index contributed by atoms with van der Waals surface area (Å²) >= 11 is 0. The van der Waals surface area contributed by atoms with E-state index >= 15 is 0 Å². The highest BCUT2D eigenvalue weighted by atomic mass is 19.1. The van der Waals surface area contributed by atoms with Gasteiger partial charge in [-0.25, -0.2) is 9.37 Å². The number of hydrogen-bond donors (Lipinski definition) is 3. The molecule has 168 valence electrons. The van der Waals surface area contributed by atoms with Crippen LogP contribution in [0.25, 0.3) is 5.78 Å². The Bertz CT molecular complexity index is 1180. The lowest BCUT2D eigenvalue weighted by Crippen LogP contribution is -2.25. The number of anilines is 3. The fraction of sp³-hybridized carbons (Fsp3) is 0.409. The summed E-state index contributed by atoms with van der Waals surface area (Å²) in [7, 11) is 0. The average Bonchev–Trinajstić information content (AvgIpc) is 3.14. The van der Waals surface area contributed by atoms with E-state index in [0.717, 1.165) is 32.1 Å². The first-order valence-corrected chi connectivity index (χ1v) is 10.7. The van der Waals surface area contributed by atoms with Crippen molar-refractivity contribution in [1.29, 1.82) is 0 Å². The second kappa shape index (κ2) is 8.89. The molecular weight excluding hydrogens is 413 g/mol. The first-order chi connectivity index (χ1) is 15.3. The lowest BCUT2D eigenvalue weighted by molar-refractivity contribution is -0.120. The molecule has 10 heteroatoms. The number of hydrogen-bond acceptors (Lipinski definition) is 6. The van der Waals surface area contributed by atoms with E-state index in [2.05, 4.69) is 25.7 Å². The minimum absolute atomic E-state index is 0.0432. The molecule has 2 aromatic heterocycles. The van der Waals surface area contributed by atoms with Crippen molar-refractivity contribution in [3.63, 3.8) is 0 Å². The summed E-state index contributed by atoms with van der Waals surface area (Å²) in [5.74, 6) is -0.640. The molecule has 0 radical (unpaired) electrons. The molecule has 2 heterocycles. The molecule has 4 N–H and O–H groups in total. The van der Waals surface area contributed by atoms with Crippen LogP contribution in [0.3, 0.4) is 0 Å². The summed E-state index contributed by atoms with van der Waals surface area (Å²) in [4.78, 5) is 33.6. The van der Waals surface area contributed by atoms with Crippen LogP contribution in [0.1, 0.15) is 49.1 Å². The van der Waals surface area contributed by atoms with Gasteiger partial charge in [0, 0.05) is 28.6 Å². The number of nitrogens with one attached hydrogen (secondary N) is 2. The minimum atomic E-state index is -0.544. The molecular formula is C22H26FN7O2. The maximum absolute atomic E-state index is 14.3. The summed E-state index contributed by atoms with van der Waals surface area (Å²) < 4.78 is 15.8. The van der Waals surface area contributed by atoms with Crippen molar-refractivity contribution in [3.05, 3.63) is 41.0 Å². The number of aromatic nitrogens is 4. The molecule has 1 aromatic carbocycles. The third-order valence-corrected chi connectivity index (χ3v) is 5.89. The number of benzene rings is 1. The Labute approximate surface area is 184 Å². The zero-order valence-corrected chi connectivity index (χ0v) is 18.1. The number of nitrogens with two attached hydrogens (primary N) is 1. The number of fused-ring (bicyclic) bond motifs is 1.